The molecule has 0 aliphatic heterocycles. The molecule has 0 amide bonds. The average molecular weight is 210 g/mol. The topological polar surface area (TPSA) is 17.8 Å². The van der Waals surface area contributed by atoms with Crippen molar-refractivity contribution < 1.29 is 0 Å². The first-order valence-corrected chi connectivity index (χ1v) is 5.65. The highest BCUT2D eigenvalue weighted by atomic mass is 15.1. The SMILES string of the molecule is CC1C=CC(n2cnc3ccccc32)=CC1. The van der Waals surface area contributed by atoms with E-state index in [2.05, 4.69) is 46.8 Å². The monoisotopic (exact) mass is 210 g/mol. The molecule has 16 heavy (non-hydrogen) atoms. The maximum Gasteiger partial charge on any atom is 0.100 e. The Kier molecular flexibility index (Phi) is 2.13. The Morgan fingerprint density at radius 2 is 2.19 bits per heavy atom. The van der Waals surface area contributed by atoms with Crippen molar-refractivity contribution in [3.8, 4) is 0 Å². The van der Waals surface area contributed by atoms with Gasteiger partial charge >= 0.3 is 0 Å². The number of aromatic nitrogens is 2. The Balaban J connectivity index is 2.10. The molecule has 0 spiro atoms. The lowest BCUT2D eigenvalue weighted by Gasteiger charge is -2.12. The molecule has 1 aromatic carbocycles. The number of rotatable bonds is 1. The van der Waals surface area contributed by atoms with E-state index in [9.17, 15) is 0 Å². The maximum absolute atomic E-state index is 4.40. The van der Waals surface area contributed by atoms with Gasteiger partial charge in [0, 0.05) is 5.70 Å². The molecule has 1 aromatic heterocycles. The molecular weight excluding hydrogens is 196 g/mol. The van der Waals surface area contributed by atoms with Gasteiger partial charge in [-0.25, -0.2) is 4.98 Å². The number of benzene rings is 1. The molecule has 0 N–H and O–H groups in total. The fourth-order valence-electron chi connectivity index (χ4n) is 2.06. The van der Waals surface area contributed by atoms with Crippen molar-refractivity contribution in [3.05, 3.63) is 48.8 Å². The van der Waals surface area contributed by atoms with Gasteiger partial charge in [0.15, 0.2) is 0 Å². The average Bonchev–Trinajstić information content (AvgIpc) is 2.74. The summed E-state index contributed by atoms with van der Waals surface area (Å²) < 4.78 is 2.15. The molecule has 3 rings (SSSR count). The van der Waals surface area contributed by atoms with E-state index in [4.69, 9.17) is 0 Å². The summed E-state index contributed by atoms with van der Waals surface area (Å²) in [6.07, 6.45) is 9.72. The third-order valence-corrected chi connectivity index (χ3v) is 3.03. The Morgan fingerprint density at radius 1 is 1.31 bits per heavy atom. The second-order valence-corrected chi connectivity index (χ2v) is 4.30. The van der Waals surface area contributed by atoms with Crippen LogP contribution in [0.25, 0.3) is 16.7 Å². The minimum Gasteiger partial charge on any atom is -0.299 e. The molecule has 1 atom stereocenters. The van der Waals surface area contributed by atoms with Crippen molar-refractivity contribution in [2.45, 2.75) is 13.3 Å². The van der Waals surface area contributed by atoms with E-state index < -0.39 is 0 Å². The van der Waals surface area contributed by atoms with Gasteiger partial charge in [-0.1, -0.05) is 31.2 Å². The summed E-state index contributed by atoms with van der Waals surface area (Å²) in [5, 5.41) is 0. The number of hydrogen-bond donors (Lipinski definition) is 0. The minimum atomic E-state index is 0.651. The Labute approximate surface area is 94.9 Å². The summed E-state index contributed by atoms with van der Waals surface area (Å²) >= 11 is 0. The van der Waals surface area contributed by atoms with E-state index in [1.807, 2.05) is 18.5 Å². The van der Waals surface area contributed by atoms with Crippen LogP contribution in [0.1, 0.15) is 13.3 Å². The molecule has 0 bridgehead atoms. The van der Waals surface area contributed by atoms with Gasteiger partial charge < -0.3 is 0 Å². The van der Waals surface area contributed by atoms with E-state index in [1.54, 1.807) is 0 Å². The lowest BCUT2D eigenvalue weighted by Crippen LogP contribution is -1.99. The third kappa shape index (κ3) is 1.47. The van der Waals surface area contributed by atoms with Gasteiger partial charge in [-0.2, -0.15) is 0 Å². The number of para-hydroxylation sites is 2. The van der Waals surface area contributed by atoms with E-state index >= 15 is 0 Å². The molecule has 0 saturated heterocycles. The fourth-order valence-corrected chi connectivity index (χ4v) is 2.06. The highest BCUT2D eigenvalue weighted by molar-refractivity contribution is 5.80. The van der Waals surface area contributed by atoms with Gasteiger partial charge in [-0.15, -0.1) is 0 Å². The molecule has 80 valence electrons. The Hall–Kier alpha value is -1.83. The zero-order chi connectivity index (χ0) is 11.0. The summed E-state index contributed by atoms with van der Waals surface area (Å²) in [6.45, 7) is 2.23. The van der Waals surface area contributed by atoms with E-state index in [1.165, 1.54) is 11.2 Å². The first kappa shape index (κ1) is 9.40. The number of imidazole rings is 1. The molecule has 1 unspecified atom stereocenters. The van der Waals surface area contributed by atoms with Crippen molar-refractivity contribution in [3.63, 3.8) is 0 Å². The molecule has 2 heteroatoms. The quantitative estimate of drug-likeness (QED) is 0.704. The summed E-state index contributed by atoms with van der Waals surface area (Å²) in [6, 6.07) is 8.22. The standard InChI is InChI=1S/C14H14N2/c1-11-6-8-12(9-7-11)16-10-15-13-4-2-3-5-14(13)16/h2-6,8-11H,7H2,1H3. The largest absolute Gasteiger partial charge is 0.299 e. The van der Waals surface area contributed by atoms with E-state index in [0.29, 0.717) is 5.92 Å². The van der Waals surface area contributed by atoms with Crippen LogP contribution in [0.5, 0.6) is 0 Å². The predicted molar refractivity (Wildman–Crippen MR) is 66.9 cm³/mol. The zero-order valence-corrected chi connectivity index (χ0v) is 9.30. The van der Waals surface area contributed by atoms with Crippen LogP contribution >= 0.6 is 0 Å². The van der Waals surface area contributed by atoms with Crippen LogP contribution in [-0.4, -0.2) is 9.55 Å². The smallest absolute Gasteiger partial charge is 0.100 e. The normalized spacial score (nSPS) is 20.1. The van der Waals surface area contributed by atoms with E-state index in [-0.39, 0.29) is 0 Å². The van der Waals surface area contributed by atoms with Gasteiger partial charge in [0.25, 0.3) is 0 Å². The highest BCUT2D eigenvalue weighted by Gasteiger charge is 2.08. The van der Waals surface area contributed by atoms with Crippen LogP contribution in [0.2, 0.25) is 0 Å². The van der Waals surface area contributed by atoms with Crippen LogP contribution in [0.15, 0.2) is 48.8 Å². The van der Waals surface area contributed by atoms with Crippen molar-refractivity contribution in [1.29, 1.82) is 0 Å². The zero-order valence-electron chi connectivity index (χ0n) is 9.30. The number of hydrogen-bond acceptors (Lipinski definition) is 1. The molecule has 2 nitrogen and oxygen atoms in total. The first-order valence-electron chi connectivity index (χ1n) is 5.65. The highest BCUT2D eigenvalue weighted by Crippen LogP contribution is 2.23. The van der Waals surface area contributed by atoms with Crippen molar-refractivity contribution in [1.82, 2.24) is 9.55 Å². The van der Waals surface area contributed by atoms with E-state index in [0.717, 1.165) is 11.9 Å². The van der Waals surface area contributed by atoms with Crippen molar-refractivity contribution in [2.75, 3.05) is 0 Å². The van der Waals surface area contributed by atoms with Crippen LogP contribution in [0, 0.1) is 5.92 Å². The Bertz CT molecular complexity index is 575. The van der Waals surface area contributed by atoms with Crippen molar-refractivity contribution >= 4 is 16.7 Å². The number of fused-ring (bicyclic) bond motifs is 1. The molecule has 2 aromatic rings. The number of nitrogens with zero attached hydrogens (tertiary/aromatic N) is 2. The summed E-state index contributed by atoms with van der Waals surface area (Å²) in [5.41, 5.74) is 3.45. The summed E-state index contributed by atoms with van der Waals surface area (Å²) in [4.78, 5) is 4.40. The Morgan fingerprint density at radius 3 is 3.00 bits per heavy atom. The van der Waals surface area contributed by atoms with Crippen LogP contribution in [-0.2, 0) is 0 Å². The fraction of sp³-hybridized carbons (Fsp3) is 0.214. The van der Waals surface area contributed by atoms with Gasteiger partial charge in [0.05, 0.1) is 11.0 Å². The van der Waals surface area contributed by atoms with Crippen LogP contribution < -0.4 is 0 Å². The van der Waals surface area contributed by atoms with Crippen molar-refractivity contribution in [2.24, 2.45) is 5.92 Å². The first-order chi connectivity index (χ1) is 7.84. The van der Waals surface area contributed by atoms with Gasteiger partial charge in [0.1, 0.15) is 6.33 Å². The molecule has 0 fully saturated rings. The van der Waals surface area contributed by atoms with Crippen LogP contribution in [0.4, 0.5) is 0 Å². The van der Waals surface area contributed by atoms with Crippen LogP contribution in [0.3, 0.4) is 0 Å². The molecule has 0 radical (unpaired) electrons. The summed E-state index contributed by atoms with van der Waals surface area (Å²) in [5.74, 6) is 0.651. The molecule has 1 aliphatic carbocycles. The van der Waals surface area contributed by atoms with Gasteiger partial charge in [0.2, 0.25) is 0 Å². The molecule has 0 saturated carbocycles. The predicted octanol–water partition coefficient (Wildman–Crippen LogP) is 3.47. The molecule has 1 heterocycles. The lowest BCUT2D eigenvalue weighted by atomic mass is 10.0. The molecule has 1 aliphatic rings. The minimum absolute atomic E-state index is 0.651. The van der Waals surface area contributed by atoms with Gasteiger partial charge in [-0.3, -0.25) is 4.57 Å². The second kappa shape index (κ2) is 3.63. The second-order valence-electron chi connectivity index (χ2n) is 4.30. The maximum atomic E-state index is 4.40. The van der Waals surface area contributed by atoms with Gasteiger partial charge in [-0.05, 0) is 30.5 Å². The molecular formula is C14H14N2. The number of allylic oxidation sites excluding steroid dienone is 4. The third-order valence-electron chi connectivity index (χ3n) is 3.03. The lowest BCUT2D eigenvalue weighted by molar-refractivity contribution is 0.734. The summed E-state index contributed by atoms with van der Waals surface area (Å²) in [7, 11) is 0.